The summed E-state index contributed by atoms with van der Waals surface area (Å²) in [4.78, 5) is 12.1. The Morgan fingerprint density at radius 1 is 1.06 bits per heavy atom. The van der Waals surface area contributed by atoms with Gasteiger partial charge in [-0.25, -0.2) is 0 Å². The van der Waals surface area contributed by atoms with Crippen molar-refractivity contribution in [3.05, 3.63) is 52.6 Å². The third-order valence-corrected chi connectivity index (χ3v) is 9.04. The maximum Gasteiger partial charge on any atom is 0.456 e. The average Bonchev–Trinajstić information content (AvgIpc) is 3.04. The van der Waals surface area contributed by atoms with Gasteiger partial charge < -0.3 is 10.2 Å². The second kappa shape index (κ2) is 7.39. The number of Topliss-reactive ketones (excluding diaryl/α,β-unsaturated/α-hetero) is 1. The quantitative estimate of drug-likeness (QED) is 0.492. The number of carbonyl (C=O) groups is 1. The number of phenolic OH excluding ortho intramolecular Hbond substituents is 1. The van der Waals surface area contributed by atoms with E-state index >= 15 is 0 Å². The van der Waals surface area contributed by atoms with Crippen molar-refractivity contribution in [1.82, 2.24) is 0 Å². The maximum atomic E-state index is 14.9. The lowest BCUT2D eigenvalue weighted by atomic mass is 9.51. The van der Waals surface area contributed by atoms with Crippen molar-refractivity contribution >= 4 is 5.78 Å². The van der Waals surface area contributed by atoms with E-state index in [1.54, 1.807) is 12.1 Å². The molecule has 5 rings (SSSR count). The van der Waals surface area contributed by atoms with E-state index in [1.807, 2.05) is 6.08 Å². The minimum Gasteiger partial charge on any atom is -0.508 e. The Kier molecular flexibility index (Phi) is 5.11. The van der Waals surface area contributed by atoms with Gasteiger partial charge in [0.05, 0.1) is 0 Å². The van der Waals surface area contributed by atoms with Gasteiger partial charge in [0.2, 0.25) is 0 Å². The van der Waals surface area contributed by atoms with Crippen molar-refractivity contribution in [1.29, 1.82) is 0 Å². The SMILES string of the molecule is C[C@]12C[C@H](c3ccc(O)cc3)C3=C4CCC(=O)CC4=CC[C@H]3[C@@H]1CC[C@@]2(O)C(F)(F)C(F)(F)F. The Labute approximate surface area is 194 Å². The standard InChI is InChI=1S/C26H27F5O3/c1-23-13-20(14-2-5-16(32)6-3-14)22-18-9-7-17(33)12-15(18)4-8-19(22)21(23)10-11-24(23,34)25(27,28)26(29,30)31/h2-6,19-21,32,34H,7-13H2,1H3/t19-,20+,21-,23-,24-/m0/s1. The number of ketones is 1. The third-order valence-electron chi connectivity index (χ3n) is 9.04. The number of alkyl halides is 5. The minimum absolute atomic E-state index is 0.0197. The molecule has 3 nitrogen and oxygen atoms in total. The monoisotopic (exact) mass is 482 g/mol. The fraction of sp³-hybridized carbons (Fsp3) is 0.577. The van der Waals surface area contributed by atoms with Crippen LogP contribution in [0, 0.1) is 17.3 Å². The Balaban J connectivity index is 1.67. The summed E-state index contributed by atoms with van der Waals surface area (Å²) < 4.78 is 70.3. The molecular formula is C26H27F5O3. The van der Waals surface area contributed by atoms with Gasteiger partial charge in [0, 0.05) is 24.2 Å². The molecule has 4 aliphatic carbocycles. The zero-order valence-electron chi connectivity index (χ0n) is 18.8. The van der Waals surface area contributed by atoms with E-state index in [2.05, 4.69) is 0 Å². The molecule has 0 saturated heterocycles. The first-order valence-corrected chi connectivity index (χ1v) is 11.7. The molecule has 8 heteroatoms. The molecule has 0 bridgehead atoms. The summed E-state index contributed by atoms with van der Waals surface area (Å²) in [7, 11) is 0. The van der Waals surface area contributed by atoms with Gasteiger partial charge in [0.25, 0.3) is 0 Å². The molecule has 3 saturated carbocycles. The number of allylic oxidation sites excluding steroid dienone is 4. The highest BCUT2D eigenvalue weighted by molar-refractivity contribution is 5.84. The summed E-state index contributed by atoms with van der Waals surface area (Å²) in [6.07, 6.45) is -2.88. The second-order valence-corrected chi connectivity index (χ2v) is 10.6. The Morgan fingerprint density at radius 3 is 2.38 bits per heavy atom. The number of hydrogen-bond donors (Lipinski definition) is 2. The van der Waals surface area contributed by atoms with Crippen LogP contribution in [0.25, 0.3) is 0 Å². The van der Waals surface area contributed by atoms with Crippen molar-refractivity contribution in [2.24, 2.45) is 17.3 Å². The van der Waals surface area contributed by atoms with E-state index in [0.717, 1.165) is 16.7 Å². The summed E-state index contributed by atoms with van der Waals surface area (Å²) >= 11 is 0. The number of carbonyl (C=O) groups excluding carboxylic acids is 1. The molecule has 4 aliphatic rings. The Morgan fingerprint density at radius 2 is 1.74 bits per heavy atom. The van der Waals surface area contributed by atoms with Crippen LogP contribution < -0.4 is 0 Å². The molecule has 0 aliphatic heterocycles. The first-order chi connectivity index (χ1) is 15.8. The van der Waals surface area contributed by atoms with Crippen molar-refractivity contribution in [3.8, 4) is 5.75 Å². The van der Waals surface area contributed by atoms with E-state index in [0.29, 0.717) is 31.2 Å². The van der Waals surface area contributed by atoms with Crippen molar-refractivity contribution < 1.29 is 37.0 Å². The normalized spacial score (nSPS) is 36.0. The molecule has 1 aromatic carbocycles. The van der Waals surface area contributed by atoms with E-state index in [4.69, 9.17) is 0 Å². The van der Waals surface area contributed by atoms with Crippen LogP contribution in [0.1, 0.15) is 63.4 Å². The number of aromatic hydroxyl groups is 1. The van der Waals surface area contributed by atoms with Gasteiger partial charge in [-0.2, -0.15) is 22.0 Å². The number of fused-ring (bicyclic) bond motifs is 4. The van der Waals surface area contributed by atoms with Gasteiger partial charge in [0.15, 0.2) is 0 Å². The highest BCUT2D eigenvalue weighted by Gasteiger charge is 2.79. The predicted octanol–water partition coefficient (Wildman–Crippen LogP) is 6.22. The molecule has 0 spiro atoms. The molecule has 0 heterocycles. The summed E-state index contributed by atoms with van der Waals surface area (Å²) in [6.45, 7) is 1.39. The van der Waals surface area contributed by atoms with Crippen LogP contribution in [0.3, 0.4) is 0 Å². The summed E-state index contributed by atoms with van der Waals surface area (Å²) in [6, 6.07) is 6.27. The molecule has 0 amide bonds. The number of hydrogen-bond acceptors (Lipinski definition) is 3. The van der Waals surface area contributed by atoms with Crippen LogP contribution in [-0.4, -0.2) is 33.7 Å². The highest BCUT2D eigenvalue weighted by atomic mass is 19.4. The van der Waals surface area contributed by atoms with Crippen LogP contribution in [0.5, 0.6) is 5.75 Å². The number of aliphatic hydroxyl groups is 1. The number of phenols is 1. The Bertz CT molecular complexity index is 1090. The lowest BCUT2D eigenvalue weighted by Crippen LogP contribution is -2.65. The van der Waals surface area contributed by atoms with E-state index in [-0.39, 0.29) is 30.3 Å². The Hall–Kier alpha value is -2.22. The topological polar surface area (TPSA) is 57.5 Å². The molecular weight excluding hydrogens is 455 g/mol. The fourth-order valence-electron chi connectivity index (χ4n) is 7.36. The summed E-state index contributed by atoms with van der Waals surface area (Å²) in [5.74, 6) is -6.42. The van der Waals surface area contributed by atoms with Crippen LogP contribution in [0.4, 0.5) is 22.0 Å². The van der Waals surface area contributed by atoms with Gasteiger partial charge in [0.1, 0.15) is 17.1 Å². The zero-order chi connectivity index (χ0) is 24.7. The molecule has 0 unspecified atom stereocenters. The molecule has 184 valence electrons. The minimum atomic E-state index is -5.87. The van der Waals surface area contributed by atoms with Gasteiger partial charge >= 0.3 is 12.1 Å². The number of rotatable bonds is 2. The first-order valence-electron chi connectivity index (χ1n) is 11.7. The molecule has 5 atom stereocenters. The van der Waals surface area contributed by atoms with Crippen molar-refractivity contribution in [2.75, 3.05) is 0 Å². The molecule has 2 N–H and O–H groups in total. The lowest BCUT2D eigenvalue weighted by Gasteiger charge is -2.55. The molecule has 0 radical (unpaired) electrons. The van der Waals surface area contributed by atoms with Gasteiger partial charge in [-0.15, -0.1) is 0 Å². The lowest BCUT2D eigenvalue weighted by molar-refractivity contribution is -0.362. The molecule has 34 heavy (non-hydrogen) atoms. The molecule has 3 fully saturated rings. The average molecular weight is 482 g/mol. The van der Waals surface area contributed by atoms with Gasteiger partial charge in [-0.3, -0.25) is 4.79 Å². The van der Waals surface area contributed by atoms with Crippen LogP contribution in [0.15, 0.2) is 47.1 Å². The maximum absolute atomic E-state index is 14.9. The summed E-state index contributed by atoms with van der Waals surface area (Å²) in [5, 5.41) is 21.0. The number of halogens is 5. The number of benzene rings is 1. The molecule has 1 aromatic rings. The van der Waals surface area contributed by atoms with Crippen LogP contribution >= 0.6 is 0 Å². The second-order valence-electron chi connectivity index (χ2n) is 10.6. The highest BCUT2D eigenvalue weighted by Crippen LogP contribution is 2.70. The van der Waals surface area contributed by atoms with E-state index in [1.165, 1.54) is 19.1 Å². The van der Waals surface area contributed by atoms with Crippen molar-refractivity contribution in [2.45, 2.75) is 75.5 Å². The van der Waals surface area contributed by atoms with E-state index in [9.17, 15) is 37.0 Å². The van der Waals surface area contributed by atoms with Crippen LogP contribution in [0.2, 0.25) is 0 Å². The fourth-order valence-corrected chi connectivity index (χ4v) is 7.36. The van der Waals surface area contributed by atoms with Crippen molar-refractivity contribution in [3.63, 3.8) is 0 Å². The van der Waals surface area contributed by atoms with Gasteiger partial charge in [-0.05, 0) is 72.8 Å². The first kappa shape index (κ1) is 23.5. The predicted molar refractivity (Wildman–Crippen MR) is 114 cm³/mol. The van der Waals surface area contributed by atoms with E-state index < -0.39 is 41.4 Å². The summed E-state index contributed by atoms with van der Waals surface area (Å²) in [5.41, 5.74) is -1.23. The largest absolute Gasteiger partial charge is 0.508 e. The smallest absolute Gasteiger partial charge is 0.456 e. The van der Waals surface area contributed by atoms with Crippen LogP contribution in [-0.2, 0) is 4.79 Å². The third kappa shape index (κ3) is 3.06. The van der Waals surface area contributed by atoms with Gasteiger partial charge in [-0.1, -0.05) is 30.7 Å². The zero-order valence-corrected chi connectivity index (χ0v) is 18.8. The molecule has 0 aromatic heterocycles.